The number of amides is 2. The lowest BCUT2D eigenvalue weighted by atomic mass is 10.2. The van der Waals surface area contributed by atoms with Crippen molar-refractivity contribution < 1.29 is 9.53 Å². The fourth-order valence-corrected chi connectivity index (χ4v) is 2.62. The second kappa shape index (κ2) is 8.07. The van der Waals surface area contributed by atoms with Crippen LogP contribution in [0.2, 0.25) is 0 Å². The Bertz CT molecular complexity index is 966. The average Bonchev–Trinajstić information content (AvgIpc) is 2.73. The van der Waals surface area contributed by atoms with Crippen LogP contribution in [-0.4, -0.2) is 20.1 Å². The molecule has 0 fully saturated rings. The van der Waals surface area contributed by atoms with E-state index in [0.717, 1.165) is 5.69 Å². The maximum absolute atomic E-state index is 12.8. The Balaban J connectivity index is 1.82. The number of hydrogen-bond acceptors (Lipinski definition) is 3. The molecular formula is C22H19N3O2. The van der Waals surface area contributed by atoms with Crippen molar-refractivity contribution in [1.82, 2.24) is 0 Å². The first-order valence-corrected chi connectivity index (χ1v) is 8.43. The summed E-state index contributed by atoms with van der Waals surface area (Å²) in [5, 5.41) is 9.48. The predicted octanol–water partition coefficient (Wildman–Crippen LogP) is 5.04. The summed E-state index contributed by atoms with van der Waals surface area (Å²) in [5.41, 5.74) is 1.76. The predicted molar refractivity (Wildman–Crippen MR) is 106 cm³/mol. The summed E-state index contributed by atoms with van der Waals surface area (Å²) < 4.78 is 5.78. The third-order valence-electron chi connectivity index (χ3n) is 4.16. The monoisotopic (exact) mass is 357 g/mol. The van der Waals surface area contributed by atoms with Crippen molar-refractivity contribution >= 4 is 17.4 Å². The van der Waals surface area contributed by atoms with Crippen LogP contribution in [0.3, 0.4) is 0 Å². The van der Waals surface area contributed by atoms with E-state index in [9.17, 15) is 10.1 Å². The number of nitrogens with zero attached hydrogens (tertiary/aromatic N) is 3. The fourth-order valence-electron chi connectivity index (χ4n) is 2.62. The molecule has 27 heavy (non-hydrogen) atoms. The number of ether oxygens (including phenoxy) is 1. The van der Waals surface area contributed by atoms with Crippen molar-refractivity contribution in [3.63, 3.8) is 0 Å². The number of urea groups is 1. The molecule has 0 heterocycles. The topological polar surface area (TPSA) is 56.6 Å². The molecule has 0 atom stereocenters. The lowest BCUT2D eigenvalue weighted by molar-refractivity contribution is 0.253. The van der Waals surface area contributed by atoms with E-state index in [0.29, 0.717) is 22.7 Å². The highest BCUT2D eigenvalue weighted by molar-refractivity contribution is 6.02. The molecule has 0 N–H and O–H groups in total. The molecule has 0 unspecified atom stereocenters. The van der Waals surface area contributed by atoms with Crippen molar-refractivity contribution in [3.05, 3.63) is 84.4 Å². The number of rotatable bonds is 4. The molecule has 0 aliphatic heterocycles. The standard InChI is InChI=1S/C22H19N3O2/c1-24(18-9-5-3-6-10-18)22(26)25(2)19-13-14-21(17(15-19)16-23)27-20-11-7-4-8-12-20/h3-15H,1-2H3. The number of para-hydroxylation sites is 2. The number of anilines is 2. The highest BCUT2D eigenvalue weighted by atomic mass is 16.5. The Kier molecular flexibility index (Phi) is 5.38. The summed E-state index contributed by atoms with van der Waals surface area (Å²) in [6, 6.07) is 25.7. The summed E-state index contributed by atoms with van der Waals surface area (Å²) in [6.07, 6.45) is 0. The van der Waals surface area contributed by atoms with Gasteiger partial charge in [0.15, 0.2) is 0 Å². The summed E-state index contributed by atoms with van der Waals surface area (Å²) in [5.74, 6) is 1.10. The zero-order valence-electron chi connectivity index (χ0n) is 15.2. The molecule has 0 aliphatic rings. The minimum Gasteiger partial charge on any atom is -0.456 e. The van der Waals surface area contributed by atoms with E-state index in [-0.39, 0.29) is 6.03 Å². The summed E-state index contributed by atoms with van der Waals surface area (Å²) in [4.78, 5) is 15.8. The number of hydrogen-bond donors (Lipinski definition) is 0. The zero-order chi connectivity index (χ0) is 19.2. The Hall–Kier alpha value is -3.78. The van der Waals surface area contributed by atoms with Crippen LogP contribution < -0.4 is 14.5 Å². The van der Waals surface area contributed by atoms with Gasteiger partial charge in [0.2, 0.25) is 0 Å². The van der Waals surface area contributed by atoms with Gasteiger partial charge in [0, 0.05) is 25.5 Å². The second-order valence-corrected chi connectivity index (χ2v) is 5.94. The van der Waals surface area contributed by atoms with Crippen molar-refractivity contribution in [2.24, 2.45) is 0 Å². The van der Waals surface area contributed by atoms with E-state index >= 15 is 0 Å². The van der Waals surface area contributed by atoms with Crippen molar-refractivity contribution in [3.8, 4) is 17.6 Å². The first-order valence-electron chi connectivity index (χ1n) is 8.43. The highest BCUT2D eigenvalue weighted by Gasteiger charge is 2.18. The van der Waals surface area contributed by atoms with E-state index in [4.69, 9.17) is 4.74 Å². The molecule has 0 spiro atoms. The first-order chi connectivity index (χ1) is 13.1. The normalized spacial score (nSPS) is 9.96. The van der Waals surface area contributed by atoms with Gasteiger partial charge in [-0.15, -0.1) is 0 Å². The fraction of sp³-hybridized carbons (Fsp3) is 0.0909. The number of carbonyl (C=O) groups excluding carboxylic acids is 1. The van der Waals surface area contributed by atoms with Crippen molar-refractivity contribution in [2.45, 2.75) is 0 Å². The van der Waals surface area contributed by atoms with Gasteiger partial charge in [0.1, 0.15) is 17.6 Å². The van der Waals surface area contributed by atoms with Crippen LogP contribution in [0.5, 0.6) is 11.5 Å². The molecule has 134 valence electrons. The number of nitriles is 1. The van der Waals surface area contributed by atoms with Gasteiger partial charge in [-0.3, -0.25) is 9.80 Å². The maximum Gasteiger partial charge on any atom is 0.328 e. The van der Waals surface area contributed by atoms with E-state index in [2.05, 4.69) is 6.07 Å². The highest BCUT2D eigenvalue weighted by Crippen LogP contribution is 2.29. The molecule has 0 saturated carbocycles. The average molecular weight is 357 g/mol. The van der Waals surface area contributed by atoms with Gasteiger partial charge in [0.25, 0.3) is 0 Å². The van der Waals surface area contributed by atoms with Crippen molar-refractivity contribution in [1.29, 1.82) is 5.26 Å². The van der Waals surface area contributed by atoms with Crippen LogP contribution in [0.15, 0.2) is 78.9 Å². The lowest BCUT2D eigenvalue weighted by Gasteiger charge is -2.25. The van der Waals surface area contributed by atoms with Crippen molar-refractivity contribution in [2.75, 3.05) is 23.9 Å². The van der Waals surface area contributed by atoms with E-state index in [1.807, 2.05) is 60.7 Å². The molecule has 2 amide bonds. The van der Waals surface area contributed by atoms with Crippen LogP contribution in [-0.2, 0) is 0 Å². The molecule has 0 bridgehead atoms. The first kappa shape index (κ1) is 18.0. The molecule has 3 rings (SSSR count). The molecule has 0 aliphatic carbocycles. The Morgan fingerprint density at radius 2 is 1.44 bits per heavy atom. The summed E-state index contributed by atoms with van der Waals surface area (Å²) in [6.45, 7) is 0. The second-order valence-electron chi connectivity index (χ2n) is 5.94. The van der Waals surface area contributed by atoms with Crippen LogP contribution in [0.1, 0.15) is 5.56 Å². The number of carbonyl (C=O) groups is 1. The molecule has 5 nitrogen and oxygen atoms in total. The quantitative estimate of drug-likeness (QED) is 0.657. The Morgan fingerprint density at radius 1 is 0.852 bits per heavy atom. The van der Waals surface area contributed by atoms with Gasteiger partial charge in [0.05, 0.1) is 5.56 Å². The Morgan fingerprint density at radius 3 is 2.07 bits per heavy atom. The maximum atomic E-state index is 12.8. The van der Waals surface area contributed by atoms with Gasteiger partial charge < -0.3 is 4.74 Å². The smallest absolute Gasteiger partial charge is 0.328 e. The van der Waals surface area contributed by atoms with E-state index < -0.39 is 0 Å². The van der Waals surface area contributed by atoms with Gasteiger partial charge in [-0.05, 0) is 42.5 Å². The molecule has 3 aromatic rings. The molecule has 0 aromatic heterocycles. The third kappa shape index (κ3) is 4.07. The molecule has 3 aromatic carbocycles. The van der Waals surface area contributed by atoms with Gasteiger partial charge in [-0.1, -0.05) is 36.4 Å². The van der Waals surface area contributed by atoms with Gasteiger partial charge >= 0.3 is 6.03 Å². The van der Waals surface area contributed by atoms with Gasteiger partial charge in [-0.25, -0.2) is 4.79 Å². The Labute approximate surface area is 158 Å². The SMILES string of the molecule is CN(C(=O)N(C)c1ccc(Oc2ccccc2)c(C#N)c1)c1ccccc1. The zero-order valence-corrected chi connectivity index (χ0v) is 15.2. The molecule has 5 heteroatoms. The van der Waals surface area contributed by atoms with E-state index in [1.54, 1.807) is 37.2 Å². The van der Waals surface area contributed by atoms with Crippen LogP contribution in [0.25, 0.3) is 0 Å². The molecule has 0 saturated heterocycles. The van der Waals surface area contributed by atoms with Gasteiger partial charge in [-0.2, -0.15) is 5.26 Å². The summed E-state index contributed by atoms with van der Waals surface area (Å²) >= 11 is 0. The van der Waals surface area contributed by atoms with Crippen LogP contribution in [0, 0.1) is 11.3 Å². The molecule has 0 radical (unpaired) electrons. The lowest BCUT2D eigenvalue weighted by Crippen LogP contribution is -2.38. The van der Waals surface area contributed by atoms with Crippen LogP contribution >= 0.6 is 0 Å². The minimum atomic E-state index is -0.207. The minimum absolute atomic E-state index is 0.207. The van der Waals surface area contributed by atoms with E-state index in [1.165, 1.54) is 4.90 Å². The third-order valence-corrected chi connectivity index (χ3v) is 4.16. The largest absolute Gasteiger partial charge is 0.456 e. The van der Waals surface area contributed by atoms with Crippen LogP contribution in [0.4, 0.5) is 16.2 Å². The summed E-state index contributed by atoms with van der Waals surface area (Å²) in [7, 11) is 3.39. The number of benzene rings is 3. The molecular weight excluding hydrogens is 338 g/mol.